The predicted molar refractivity (Wildman–Crippen MR) is 426 cm³/mol. The summed E-state index contributed by atoms with van der Waals surface area (Å²) in [5.74, 6) is -10.2. The summed E-state index contributed by atoms with van der Waals surface area (Å²) < 4.78 is 353. The summed E-state index contributed by atoms with van der Waals surface area (Å²) >= 11 is 0. The molecule has 0 aliphatic rings. The van der Waals surface area contributed by atoms with E-state index < -0.39 is 119 Å². The second kappa shape index (κ2) is 33.8. The molecule has 99 heavy (non-hydrogen) atoms. The van der Waals surface area contributed by atoms with Crippen LogP contribution in [0.5, 0.6) is 0 Å². The molecule has 0 radical (unpaired) electrons. The van der Waals surface area contributed by atoms with Gasteiger partial charge in [-0.3, -0.25) is 0 Å². The van der Waals surface area contributed by atoms with Crippen LogP contribution in [0, 0.1) is 131 Å². The fraction of sp³-hybridized carbons (Fsp3) is 0.415. The van der Waals surface area contributed by atoms with Crippen molar-refractivity contribution in [2.24, 2.45) is 35.2 Å². The molecule has 10 aromatic rings. The van der Waals surface area contributed by atoms with E-state index in [0.717, 1.165) is 86.6 Å². The average Bonchev–Trinajstić information content (AvgIpc) is 0.730. The van der Waals surface area contributed by atoms with E-state index in [2.05, 4.69) is 0 Å². The van der Waals surface area contributed by atoms with Crippen molar-refractivity contribution >= 4 is 0 Å². The molecular weight excluding hydrogens is 1200 g/mol. The van der Waals surface area contributed by atoms with Crippen molar-refractivity contribution < 1.29 is 83.1 Å². The zero-order valence-corrected chi connectivity index (χ0v) is 61.4. The number of rotatable bonds is 10. The van der Waals surface area contributed by atoms with Crippen molar-refractivity contribution in [3.63, 3.8) is 0 Å². The standard InChI is InChI=1S/C21H30N.2C19H26N.C18H24N.C17H22N/c1-13(2)18-10-20(16(6)9-15(18)5)21-11-19(14(3)4)17(7)12-22(21)8;1-12(2)17-10-18(15(5)8-14(17)4)19-9-13(3)16(6)11-20(19)7;1-12(2)17-8-9-18(13(3)10-17)19-16(6)15(5)14(4)11-20(19)7;1-12(2)16-7-8-19(6)18(11-16)17-10-14(4)13(3)9-15(17)5;1-11-7-8-16(12(2)9-11)17-15(5)14(4)13(3)10-18(17)6/h9-14H,1-8H3;2*8-12H,1-7H3;7-12H,1-6H3;7-10H,1-6H3/q5*+1/i1D3,3D3,5D3,7D3,13D,14D;1D3,4D3,6D3,12D;1D3,4D3,12D;1D3,3D3,12D;1D3,3D3. The first-order valence-electron chi connectivity index (χ1n) is 54.3. The van der Waals surface area contributed by atoms with Crippen LogP contribution in [0.2, 0.25) is 0 Å². The molecule has 5 heteroatoms. The SMILES string of the molecule is [2H]C([2H])([2H])c1c[n+](C)c(-c2cc(C([2H])(C)C([2H])([2H])[2H])c(C([2H])([2H])[2H])cc2C)cc1C.[2H]C([2H])([2H])c1c[n+](C)c(-c2ccc(C([2H])(C)C([2H])([2H])[2H])cc2C)c(C)c1C.[2H]C([2H])([2H])c1cc(C)c(-c2cc(C([2H])(C)C([2H])([2H])[2H])c(C([2H])([2H])[2H])c[n+]2C)cc1C([2H])(C)C([2H])([2H])[2H].[2H]C([2H])([2H])c1cc(C)c(-c2cc(C([2H])(C)C([2H])([2H])[2H])cc[n+]2C)cc1C.[2H]C([2H])([2H])c1ccc(-c2c(C)c(C)c(C([2H])([2H])[2H])c[n+]2C)c(C)c1. The van der Waals surface area contributed by atoms with E-state index in [4.69, 9.17) is 60.3 Å². The molecule has 0 aliphatic heterocycles. The van der Waals surface area contributed by atoms with Crippen LogP contribution in [0.1, 0.15) is 292 Å². The summed E-state index contributed by atoms with van der Waals surface area (Å²) in [6, 6.07) is 25.5. The van der Waals surface area contributed by atoms with Crippen molar-refractivity contribution in [3.05, 3.63) is 262 Å². The Labute approximate surface area is 664 Å². The number of aryl methyl sites for hydroxylation is 20. The van der Waals surface area contributed by atoms with Gasteiger partial charge in [-0.05, 0) is 285 Å². The Morgan fingerprint density at radius 3 is 1.11 bits per heavy atom. The van der Waals surface area contributed by atoms with Crippen LogP contribution in [0.25, 0.3) is 56.3 Å². The maximum Gasteiger partial charge on any atom is 0.215 e. The summed E-state index contributed by atoms with van der Waals surface area (Å²) in [5, 5.41) is 0. The topological polar surface area (TPSA) is 19.4 Å². The molecule has 10 rings (SSSR count). The summed E-state index contributed by atoms with van der Waals surface area (Å²) in [7, 11) is 8.63. The lowest BCUT2D eigenvalue weighted by atomic mass is 9.90. The molecule has 5 nitrogen and oxygen atoms in total. The second-order valence-corrected chi connectivity index (χ2v) is 26.0. The highest BCUT2D eigenvalue weighted by atomic mass is 14.9. The first-order valence-corrected chi connectivity index (χ1v) is 32.3. The smallest absolute Gasteiger partial charge is 0.201 e. The zero-order valence-electron chi connectivity index (χ0n) is 105. The molecule has 0 saturated heterocycles. The van der Waals surface area contributed by atoms with Gasteiger partial charge in [0.05, 0.1) is 0 Å². The van der Waals surface area contributed by atoms with Gasteiger partial charge in [0.1, 0.15) is 35.2 Å². The van der Waals surface area contributed by atoms with Crippen LogP contribution in [0.15, 0.2) is 128 Å². The van der Waals surface area contributed by atoms with Gasteiger partial charge in [-0.25, -0.2) is 22.8 Å². The summed E-state index contributed by atoms with van der Waals surface area (Å²) in [4.78, 5) is 0. The second-order valence-electron chi connectivity index (χ2n) is 26.0. The lowest BCUT2D eigenvalue weighted by Gasteiger charge is -2.16. The fourth-order valence-electron chi connectivity index (χ4n) is 11.9. The first kappa shape index (κ1) is 37.5. The van der Waals surface area contributed by atoms with Gasteiger partial charge in [-0.2, -0.15) is 0 Å². The van der Waals surface area contributed by atoms with Gasteiger partial charge >= 0.3 is 0 Å². The van der Waals surface area contributed by atoms with Gasteiger partial charge in [0.2, 0.25) is 28.5 Å². The molecule has 524 valence electrons. The largest absolute Gasteiger partial charge is 0.215 e. The van der Waals surface area contributed by atoms with Crippen molar-refractivity contribution in [3.8, 4) is 56.3 Å². The van der Waals surface area contributed by atoms with Crippen molar-refractivity contribution in [2.45, 2.75) is 229 Å². The zero-order chi connectivity index (χ0) is 111. The van der Waals surface area contributed by atoms with Gasteiger partial charge in [0.15, 0.2) is 31.0 Å². The van der Waals surface area contributed by atoms with Crippen LogP contribution < -0.4 is 22.8 Å². The number of hydrogen-bond acceptors (Lipinski definition) is 0. The Hall–Kier alpha value is -8.15. The molecule has 0 fully saturated rings. The maximum atomic E-state index is 8.56. The van der Waals surface area contributed by atoms with Crippen molar-refractivity contribution in [1.29, 1.82) is 0 Å². The van der Waals surface area contributed by atoms with Gasteiger partial charge < -0.3 is 0 Å². The first-order chi connectivity index (χ1) is 63.6. The average molecular weight is 1370 g/mol. The normalized spacial score (nSPS) is 22.4. The van der Waals surface area contributed by atoms with E-state index in [1.807, 2.05) is 72.3 Å². The summed E-state index contributed by atoms with van der Waals surface area (Å²) in [6.07, 6.45) is 7.71. The Morgan fingerprint density at radius 1 is 0.273 bits per heavy atom. The quantitative estimate of drug-likeness (QED) is 0.122. The number of pyridine rings is 5. The Balaban J connectivity index is 0.000000275. The summed E-state index contributed by atoms with van der Waals surface area (Å²) in [5.41, 5.74) is 15.5. The third-order valence-electron chi connectivity index (χ3n) is 18.1. The fourth-order valence-corrected chi connectivity index (χ4v) is 11.9. The van der Waals surface area contributed by atoms with Crippen LogP contribution in [-0.2, 0) is 35.2 Å². The molecule has 0 bridgehead atoms. The predicted octanol–water partition coefficient (Wildman–Crippen LogP) is 22.4. The minimum Gasteiger partial charge on any atom is -0.201 e. The van der Waals surface area contributed by atoms with Gasteiger partial charge in [-0.15, -0.1) is 0 Å². The molecule has 0 saturated carbocycles. The number of nitrogens with zero attached hydrogens (tertiary/aromatic N) is 5. The van der Waals surface area contributed by atoms with Crippen LogP contribution in [0.3, 0.4) is 0 Å². The van der Waals surface area contributed by atoms with Gasteiger partial charge in [0.25, 0.3) is 0 Å². The van der Waals surface area contributed by atoms with Gasteiger partial charge in [-0.1, -0.05) is 117 Å². The monoisotopic (exact) mass is 1370 g/mol. The molecule has 5 atom stereocenters. The number of benzene rings is 5. The number of hydrogen-bond donors (Lipinski definition) is 0. The molecule has 0 N–H and O–H groups in total. The van der Waals surface area contributed by atoms with Crippen LogP contribution >= 0.6 is 0 Å². The highest BCUT2D eigenvalue weighted by molar-refractivity contribution is 5.69. The Kier molecular flexibility index (Phi) is 12.8. The van der Waals surface area contributed by atoms with Crippen LogP contribution in [-0.4, -0.2) is 0 Å². The molecule has 0 spiro atoms. The van der Waals surface area contributed by atoms with E-state index in [0.29, 0.717) is 66.9 Å². The molecular formula is C94H128N5+5. The Morgan fingerprint density at radius 2 is 0.657 bits per heavy atom. The molecule has 5 aromatic heterocycles. The lowest BCUT2D eigenvalue weighted by molar-refractivity contribution is -0.661. The lowest BCUT2D eigenvalue weighted by Crippen LogP contribution is -2.33. The minimum absolute atomic E-state index is 0.0966. The van der Waals surface area contributed by atoms with E-state index in [1.54, 1.807) is 136 Å². The van der Waals surface area contributed by atoms with E-state index >= 15 is 0 Å². The third-order valence-corrected chi connectivity index (χ3v) is 18.1. The van der Waals surface area contributed by atoms with Crippen LogP contribution in [0.4, 0.5) is 0 Å². The molecule has 0 aliphatic carbocycles. The van der Waals surface area contributed by atoms with Crippen molar-refractivity contribution in [2.75, 3.05) is 0 Å². The minimum atomic E-state index is -2.88. The van der Waals surface area contributed by atoms with E-state index in [9.17, 15) is 0 Å². The third kappa shape index (κ3) is 19.0. The summed E-state index contributed by atoms with van der Waals surface area (Å²) in [6.45, 7) is -6.51. The Bertz CT molecular complexity index is 6290. The molecule has 5 unspecified atom stereocenters. The van der Waals surface area contributed by atoms with Crippen molar-refractivity contribution in [1.82, 2.24) is 0 Å². The highest BCUT2D eigenvalue weighted by Gasteiger charge is 2.24. The van der Waals surface area contributed by atoms with E-state index in [-0.39, 0.29) is 50.2 Å². The highest BCUT2D eigenvalue weighted by Crippen LogP contribution is 2.35. The molecule has 0 amide bonds. The molecule has 5 aromatic carbocycles. The maximum absolute atomic E-state index is 8.56. The van der Waals surface area contributed by atoms with Gasteiger partial charge in [0, 0.05) is 146 Å². The number of aromatic nitrogens is 5. The van der Waals surface area contributed by atoms with E-state index in [1.165, 1.54) is 75.1 Å². The molecule has 5 heterocycles.